The van der Waals surface area contributed by atoms with Gasteiger partial charge in [0.1, 0.15) is 18.1 Å². The third kappa shape index (κ3) is 12.6. The molecule has 0 saturated carbocycles. The van der Waals surface area contributed by atoms with Crippen LogP contribution in [0.15, 0.2) is 30.3 Å². The number of nitrogens with two attached hydrogens (primary N) is 2. The molecule has 0 bridgehead atoms. The van der Waals surface area contributed by atoms with Crippen LogP contribution in [0.25, 0.3) is 0 Å². The van der Waals surface area contributed by atoms with Gasteiger partial charge in [0, 0.05) is 6.42 Å². The largest absolute Gasteiger partial charge is 0.481 e. The van der Waals surface area contributed by atoms with Crippen LogP contribution in [0.4, 0.5) is 0 Å². The molecule has 3 amide bonds. The number of carbonyl (C=O) groups excluding carboxylic acids is 3. The van der Waals surface area contributed by atoms with E-state index < -0.39 is 60.2 Å². The Hall–Kier alpha value is -3.16. The molecule has 0 aromatic heterocycles. The van der Waals surface area contributed by atoms with Gasteiger partial charge in [-0.2, -0.15) is 11.8 Å². The summed E-state index contributed by atoms with van der Waals surface area (Å²) in [6.07, 6.45) is 3.01. The Balaban J connectivity index is 3.05. The Morgan fingerprint density at radius 3 is 2.03 bits per heavy atom. The van der Waals surface area contributed by atoms with Crippen molar-refractivity contribution in [3.8, 4) is 0 Å². The van der Waals surface area contributed by atoms with Gasteiger partial charge >= 0.3 is 11.9 Å². The van der Waals surface area contributed by atoms with Crippen LogP contribution in [-0.2, 0) is 30.4 Å². The van der Waals surface area contributed by atoms with E-state index in [0.717, 1.165) is 5.56 Å². The van der Waals surface area contributed by atoms with Gasteiger partial charge in [0.05, 0.1) is 12.5 Å². The highest BCUT2D eigenvalue weighted by Gasteiger charge is 2.31. The molecule has 1 rings (SSSR count). The number of nitrogens with one attached hydrogen (secondary N) is 3. The molecule has 9 N–H and O–H groups in total. The van der Waals surface area contributed by atoms with E-state index in [1.807, 2.05) is 6.07 Å². The molecule has 0 radical (unpaired) electrons. The predicted octanol–water partition coefficient (Wildman–Crippen LogP) is -0.548. The predicted molar refractivity (Wildman–Crippen MR) is 140 cm³/mol. The maximum atomic E-state index is 13.3. The molecule has 1 aromatic carbocycles. The van der Waals surface area contributed by atoms with Crippen LogP contribution in [0, 0.1) is 0 Å². The lowest BCUT2D eigenvalue weighted by Crippen LogP contribution is -2.57. The molecule has 0 aliphatic carbocycles. The minimum atomic E-state index is -1.66. The maximum Gasteiger partial charge on any atom is 0.326 e. The van der Waals surface area contributed by atoms with Crippen molar-refractivity contribution < 1.29 is 34.2 Å². The number of hydrogen-bond acceptors (Lipinski definition) is 8. The quantitative estimate of drug-likeness (QED) is 0.118. The van der Waals surface area contributed by atoms with Gasteiger partial charge in [-0.1, -0.05) is 36.8 Å². The van der Waals surface area contributed by atoms with Crippen LogP contribution >= 0.6 is 11.8 Å². The van der Waals surface area contributed by atoms with E-state index in [-0.39, 0.29) is 12.8 Å². The number of carboxylic acids is 2. The zero-order valence-electron chi connectivity index (χ0n) is 20.9. The Labute approximate surface area is 220 Å². The molecule has 12 nitrogen and oxygen atoms in total. The van der Waals surface area contributed by atoms with Crippen molar-refractivity contribution in [2.24, 2.45) is 11.5 Å². The van der Waals surface area contributed by atoms with Gasteiger partial charge in [0.15, 0.2) is 0 Å². The second-order valence-electron chi connectivity index (χ2n) is 8.48. The van der Waals surface area contributed by atoms with Crippen molar-refractivity contribution in [3.63, 3.8) is 0 Å². The zero-order valence-corrected chi connectivity index (χ0v) is 21.7. The Morgan fingerprint density at radius 1 is 0.865 bits per heavy atom. The van der Waals surface area contributed by atoms with Gasteiger partial charge in [0.2, 0.25) is 17.7 Å². The fourth-order valence-electron chi connectivity index (χ4n) is 3.40. The maximum absolute atomic E-state index is 13.3. The van der Waals surface area contributed by atoms with E-state index >= 15 is 0 Å². The lowest BCUT2D eigenvalue weighted by atomic mass is 10.0. The molecule has 1 aromatic rings. The van der Waals surface area contributed by atoms with E-state index in [4.69, 9.17) is 16.6 Å². The molecular weight excluding hydrogens is 502 g/mol. The number of carboxylic acid groups (broad SMARTS) is 2. The van der Waals surface area contributed by atoms with E-state index in [2.05, 4.69) is 16.0 Å². The molecule has 0 aliphatic rings. The molecule has 37 heavy (non-hydrogen) atoms. The van der Waals surface area contributed by atoms with Gasteiger partial charge in [-0.05, 0) is 43.4 Å². The molecule has 4 atom stereocenters. The van der Waals surface area contributed by atoms with Gasteiger partial charge in [-0.3, -0.25) is 19.2 Å². The van der Waals surface area contributed by atoms with Crippen LogP contribution < -0.4 is 27.4 Å². The molecule has 4 unspecified atom stereocenters. The number of amides is 3. The first-order valence-electron chi connectivity index (χ1n) is 11.9. The molecule has 206 valence electrons. The molecule has 0 saturated heterocycles. The van der Waals surface area contributed by atoms with Crippen molar-refractivity contribution in [1.82, 2.24) is 16.0 Å². The minimum absolute atomic E-state index is 0.127. The van der Waals surface area contributed by atoms with Crippen LogP contribution in [0.2, 0.25) is 0 Å². The number of carbonyl (C=O) groups is 5. The van der Waals surface area contributed by atoms with Gasteiger partial charge < -0.3 is 37.6 Å². The molecule has 13 heteroatoms. The van der Waals surface area contributed by atoms with Crippen molar-refractivity contribution in [3.05, 3.63) is 35.9 Å². The average Bonchev–Trinajstić information content (AvgIpc) is 2.85. The smallest absolute Gasteiger partial charge is 0.326 e. The SMILES string of the molecule is CSCCC(NC(=O)C(Cc1ccccc1)NC(=O)C(N)CCCCN)C(=O)NC(CC(=O)O)C(=O)O. The standard InChI is InChI=1S/C24H37N5O7S/c1-37-12-10-17(22(33)29-19(24(35)36)14-20(30)31)27-23(34)18(13-15-7-3-2-4-8-15)28-21(32)16(26)9-5-6-11-25/h2-4,7-8,16-19H,5-6,9-14,25-26H2,1H3,(H,27,34)(H,28,32)(H,29,33)(H,30,31)(H,35,36). The number of unbranched alkanes of at least 4 members (excludes halogenated alkanes) is 1. The monoisotopic (exact) mass is 539 g/mol. The van der Waals surface area contributed by atoms with E-state index in [9.17, 15) is 29.1 Å². The van der Waals surface area contributed by atoms with Crippen LogP contribution in [0.1, 0.15) is 37.7 Å². The molecule has 0 heterocycles. The minimum Gasteiger partial charge on any atom is -0.481 e. The third-order valence-electron chi connectivity index (χ3n) is 5.46. The summed E-state index contributed by atoms with van der Waals surface area (Å²) in [6, 6.07) is 4.23. The first-order valence-corrected chi connectivity index (χ1v) is 13.3. The summed E-state index contributed by atoms with van der Waals surface area (Å²) in [5.41, 5.74) is 12.2. The zero-order chi connectivity index (χ0) is 27.8. The number of hydrogen-bond donors (Lipinski definition) is 7. The van der Waals surface area contributed by atoms with Crippen LogP contribution in [0.3, 0.4) is 0 Å². The highest BCUT2D eigenvalue weighted by atomic mass is 32.2. The summed E-state index contributed by atoms with van der Waals surface area (Å²) in [5, 5.41) is 25.6. The Bertz CT molecular complexity index is 903. The average molecular weight is 540 g/mol. The van der Waals surface area contributed by atoms with E-state index in [0.29, 0.717) is 31.6 Å². The molecule has 0 fully saturated rings. The third-order valence-corrected chi connectivity index (χ3v) is 6.10. The van der Waals surface area contributed by atoms with Crippen LogP contribution in [-0.4, -0.2) is 82.6 Å². The number of rotatable bonds is 18. The Morgan fingerprint density at radius 2 is 1.46 bits per heavy atom. The van der Waals surface area contributed by atoms with Crippen molar-refractivity contribution in [1.29, 1.82) is 0 Å². The van der Waals surface area contributed by atoms with Gasteiger partial charge in [-0.25, -0.2) is 4.79 Å². The van der Waals surface area contributed by atoms with Crippen LogP contribution in [0.5, 0.6) is 0 Å². The number of benzene rings is 1. The summed E-state index contributed by atoms with van der Waals surface area (Å²) in [5.74, 6) is -4.46. The number of aliphatic carboxylic acids is 2. The van der Waals surface area contributed by atoms with Crippen molar-refractivity contribution in [2.75, 3.05) is 18.6 Å². The fraction of sp³-hybridized carbons (Fsp3) is 0.542. The summed E-state index contributed by atoms with van der Waals surface area (Å²) < 4.78 is 0. The van der Waals surface area contributed by atoms with E-state index in [1.165, 1.54) is 11.8 Å². The first-order chi connectivity index (χ1) is 17.6. The van der Waals surface area contributed by atoms with Gasteiger partial charge in [-0.15, -0.1) is 0 Å². The normalized spacial score (nSPS) is 14.0. The first kappa shape index (κ1) is 31.9. The number of thioether (sulfide) groups is 1. The molecular formula is C24H37N5O7S. The highest BCUT2D eigenvalue weighted by Crippen LogP contribution is 2.08. The van der Waals surface area contributed by atoms with Gasteiger partial charge in [0.25, 0.3) is 0 Å². The van der Waals surface area contributed by atoms with Crippen molar-refractivity contribution in [2.45, 2.75) is 62.7 Å². The molecule has 0 aliphatic heterocycles. The second kappa shape index (κ2) is 17.3. The van der Waals surface area contributed by atoms with Crippen molar-refractivity contribution >= 4 is 41.4 Å². The molecule has 0 spiro atoms. The highest BCUT2D eigenvalue weighted by molar-refractivity contribution is 7.98. The second-order valence-corrected chi connectivity index (χ2v) is 9.47. The topological polar surface area (TPSA) is 214 Å². The summed E-state index contributed by atoms with van der Waals surface area (Å²) in [4.78, 5) is 61.2. The Kier molecular flexibility index (Phi) is 14.9. The fourth-order valence-corrected chi connectivity index (χ4v) is 3.87. The lowest BCUT2D eigenvalue weighted by Gasteiger charge is -2.25. The summed E-state index contributed by atoms with van der Waals surface area (Å²) >= 11 is 1.41. The van der Waals surface area contributed by atoms with E-state index in [1.54, 1.807) is 30.5 Å². The lowest BCUT2D eigenvalue weighted by molar-refractivity contribution is -0.147. The summed E-state index contributed by atoms with van der Waals surface area (Å²) in [6.45, 7) is 0.474. The summed E-state index contributed by atoms with van der Waals surface area (Å²) in [7, 11) is 0.